The molecule has 2 unspecified atom stereocenters. The van der Waals surface area contributed by atoms with Crippen LogP contribution in [0.4, 0.5) is 0 Å². The highest BCUT2D eigenvalue weighted by Crippen LogP contribution is 2.35. The molecule has 3 fully saturated rings. The van der Waals surface area contributed by atoms with Gasteiger partial charge in [-0.3, -0.25) is 4.79 Å². The van der Waals surface area contributed by atoms with Gasteiger partial charge in [0.25, 0.3) is 0 Å². The second-order valence-electron chi connectivity index (χ2n) is 5.83. The van der Waals surface area contributed by atoms with Crippen molar-refractivity contribution in [3.8, 4) is 0 Å². The highest BCUT2D eigenvalue weighted by atomic mass is 32.2. The molecule has 0 amide bonds. The molecule has 0 aromatic heterocycles. The average molecular weight is 293 g/mol. The van der Waals surface area contributed by atoms with Crippen LogP contribution in [0.25, 0.3) is 0 Å². The summed E-state index contributed by atoms with van der Waals surface area (Å²) in [6, 6.07) is 7.68. The second-order valence-corrected chi connectivity index (χ2v) is 8.34. The summed E-state index contributed by atoms with van der Waals surface area (Å²) in [6.07, 6.45) is 1.75. The summed E-state index contributed by atoms with van der Waals surface area (Å²) >= 11 is 0. The van der Waals surface area contributed by atoms with Crippen molar-refractivity contribution in [2.24, 2.45) is 0 Å². The zero-order valence-electron chi connectivity index (χ0n) is 11.6. The van der Waals surface area contributed by atoms with Crippen LogP contribution in [-0.2, 0) is 16.3 Å². The van der Waals surface area contributed by atoms with Gasteiger partial charge in [0.1, 0.15) is 0 Å². The van der Waals surface area contributed by atoms with E-state index in [2.05, 4.69) is 4.90 Å². The minimum atomic E-state index is -2.77. The number of carbonyl (C=O) groups is 1. The fourth-order valence-electron chi connectivity index (χ4n) is 3.09. The summed E-state index contributed by atoms with van der Waals surface area (Å²) in [4.78, 5) is 13.4. The van der Waals surface area contributed by atoms with Gasteiger partial charge in [0, 0.05) is 25.2 Å². The average Bonchev–Trinajstić information content (AvgIpc) is 2.45. The van der Waals surface area contributed by atoms with Crippen molar-refractivity contribution in [2.45, 2.75) is 30.3 Å². The normalized spacial score (nSPS) is 27.9. The van der Waals surface area contributed by atoms with Crippen molar-refractivity contribution in [3.63, 3.8) is 0 Å². The Balaban J connectivity index is 1.55. The van der Waals surface area contributed by atoms with Gasteiger partial charge < -0.3 is 4.90 Å². The Morgan fingerprint density at radius 2 is 1.80 bits per heavy atom. The molecular weight excluding hydrogens is 274 g/mol. The Morgan fingerprint density at radius 3 is 2.30 bits per heavy atom. The van der Waals surface area contributed by atoms with Gasteiger partial charge in [-0.25, -0.2) is 8.42 Å². The second kappa shape index (κ2) is 4.97. The van der Waals surface area contributed by atoms with Gasteiger partial charge >= 0.3 is 0 Å². The van der Waals surface area contributed by atoms with E-state index >= 15 is 0 Å². The van der Waals surface area contributed by atoms with Crippen LogP contribution in [0.5, 0.6) is 0 Å². The number of piperidine rings is 1. The molecule has 0 saturated carbocycles. The van der Waals surface area contributed by atoms with E-state index in [9.17, 15) is 13.2 Å². The maximum atomic E-state index is 11.7. The van der Waals surface area contributed by atoms with Crippen LogP contribution in [-0.4, -0.2) is 49.2 Å². The van der Waals surface area contributed by atoms with Gasteiger partial charge in [-0.1, -0.05) is 24.3 Å². The van der Waals surface area contributed by atoms with Gasteiger partial charge in [-0.15, -0.1) is 0 Å². The molecule has 3 saturated heterocycles. The molecule has 1 aromatic rings. The molecule has 0 radical (unpaired) electrons. The lowest BCUT2D eigenvalue weighted by molar-refractivity contribution is 0.101. The number of nitrogens with zero attached hydrogens (tertiary/aromatic N) is 1. The lowest BCUT2D eigenvalue weighted by Gasteiger charge is -2.46. The van der Waals surface area contributed by atoms with E-state index in [0.717, 1.165) is 24.9 Å². The predicted molar refractivity (Wildman–Crippen MR) is 77.7 cm³/mol. The first-order chi connectivity index (χ1) is 9.46. The first kappa shape index (κ1) is 13.8. The quantitative estimate of drug-likeness (QED) is 0.785. The van der Waals surface area contributed by atoms with Crippen molar-refractivity contribution in [3.05, 3.63) is 35.4 Å². The molecule has 1 aromatic carbocycles. The van der Waals surface area contributed by atoms with Crippen LogP contribution < -0.4 is 0 Å². The van der Waals surface area contributed by atoms with Crippen molar-refractivity contribution in [1.29, 1.82) is 0 Å². The number of carbonyl (C=O) groups excluding carboxylic acids is 1. The maximum Gasteiger partial charge on any atom is 0.159 e. The van der Waals surface area contributed by atoms with E-state index < -0.39 is 9.84 Å². The molecule has 20 heavy (non-hydrogen) atoms. The molecule has 4 nitrogen and oxygen atoms in total. The van der Waals surface area contributed by atoms with Gasteiger partial charge in [0.05, 0.1) is 10.5 Å². The van der Waals surface area contributed by atoms with Crippen LogP contribution in [0.2, 0.25) is 0 Å². The summed E-state index contributed by atoms with van der Waals surface area (Å²) in [5.41, 5.74) is 1.93. The molecule has 0 spiro atoms. The molecule has 3 aliphatic rings. The molecule has 108 valence electrons. The Hall–Kier alpha value is -1.20. The lowest BCUT2D eigenvalue weighted by Crippen LogP contribution is -2.62. The lowest BCUT2D eigenvalue weighted by atomic mass is 10.0. The minimum Gasteiger partial charge on any atom is -0.300 e. The molecule has 0 N–H and O–H groups in total. The number of ketones is 1. The number of hydrogen-bond acceptors (Lipinski definition) is 4. The third-order valence-corrected chi connectivity index (χ3v) is 7.00. The maximum absolute atomic E-state index is 11.7. The standard InChI is InChI=1S/C15H19NO3S/c1-11(17)13-4-2-12(3-5-13)6-7-16-9-14-8-15(10-16)20(14,18)19/h2-5,14-15H,6-10H2,1H3. The summed E-state index contributed by atoms with van der Waals surface area (Å²) < 4.78 is 23.4. The van der Waals surface area contributed by atoms with Crippen LogP contribution in [0.3, 0.4) is 0 Å². The van der Waals surface area contributed by atoms with Gasteiger partial charge in [0.2, 0.25) is 0 Å². The fraction of sp³-hybridized carbons (Fsp3) is 0.533. The number of fused-ring (bicyclic) bond motifs is 2. The van der Waals surface area contributed by atoms with Gasteiger partial charge in [-0.05, 0) is 25.3 Å². The SMILES string of the molecule is CC(=O)c1ccc(CCN2CC3CC(C2)S3(=O)=O)cc1. The number of sulfone groups is 1. The number of rotatable bonds is 4. The van der Waals surface area contributed by atoms with Crippen molar-refractivity contribution in [2.75, 3.05) is 19.6 Å². The van der Waals surface area contributed by atoms with E-state index in [0.29, 0.717) is 13.1 Å². The first-order valence-electron chi connectivity index (χ1n) is 7.02. The highest BCUT2D eigenvalue weighted by molar-refractivity contribution is 7.94. The largest absolute Gasteiger partial charge is 0.300 e. The zero-order chi connectivity index (χ0) is 14.3. The van der Waals surface area contributed by atoms with E-state index in [1.54, 1.807) is 6.92 Å². The van der Waals surface area contributed by atoms with E-state index in [4.69, 9.17) is 0 Å². The van der Waals surface area contributed by atoms with E-state index in [1.807, 2.05) is 24.3 Å². The topological polar surface area (TPSA) is 54.5 Å². The van der Waals surface area contributed by atoms with Crippen LogP contribution >= 0.6 is 0 Å². The van der Waals surface area contributed by atoms with E-state index in [1.165, 1.54) is 5.56 Å². The molecule has 0 aliphatic carbocycles. The Kier molecular flexibility index (Phi) is 3.42. The number of hydrogen-bond donors (Lipinski definition) is 0. The number of benzene rings is 1. The van der Waals surface area contributed by atoms with Crippen LogP contribution in [0.1, 0.15) is 29.3 Å². The summed E-state index contributed by atoms with van der Waals surface area (Å²) in [5.74, 6) is 0.0814. The van der Waals surface area contributed by atoms with Gasteiger partial charge in [-0.2, -0.15) is 0 Å². The van der Waals surface area contributed by atoms with Crippen molar-refractivity contribution >= 4 is 15.6 Å². The molecule has 2 atom stereocenters. The summed E-state index contributed by atoms with van der Waals surface area (Å²) in [5, 5.41) is -0.248. The fourth-order valence-corrected chi connectivity index (χ4v) is 5.12. The molecule has 3 aliphatic heterocycles. The van der Waals surface area contributed by atoms with Crippen molar-refractivity contribution < 1.29 is 13.2 Å². The minimum absolute atomic E-state index is 0.0814. The van der Waals surface area contributed by atoms with Gasteiger partial charge in [0.15, 0.2) is 15.6 Å². The smallest absolute Gasteiger partial charge is 0.159 e. The monoisotopic (exact) mass is 293 g/mol. The van der Waals surface area contributed by atoms with Crippen molar-refractivity contribution in [1.82, 2.24) is 4.90 Å². The molecule has 3 heterocycles. The molecule has 4 rings (SSSR count). The molecule has 2 bridgehead atoms. The van der Waals surface area contributed by atoms with Crippen LogP contribution in [0.15, 0.2) is 24.3 Å². The Morgan fingerprint density at radius 1 is 1.20 bits per heavy atom. The summed E-state index contributed by atoms with van der Waals surface area (Å²) in [7, 11) is -2.77. The Labute approximate surface area is 119 Å². The third-order valence-electron chi connectivity index (χ3n) is 4.46. The Bertz CT molecular complexity index is 603. The third kappa shape index (κ3) is 2.40. The van der Waals surface area contributed by atoms with E-state index in [-0.39, 0.29) is 16.3 Å². The molecule has 5 heteroatoms. The predicted octanol–water partition coefficient (Wildman–Crippen LogP) is 1.30. The number of Topliss-reactive ketones (excluding diaryl/α,β-unsaturated/α-hetero) is 1. The highest BCUT2D eigenvalue weighted by Gasteiger charge is 2.51. The zero-order valence-corrected chi connectivity index (χ0v) is 12.4. The summed E-state index contributed by atoms with van der Waals surface area (Å²) in [6.45, 7) is 3.83. The van der Waals surface area contributed by atoms with Crippen LogP contribution in [0, 0.1) is 0 Å². The first-order valence-corrected chi connectivity index (χ1v) is 8.62. The molecular formula is C15H19NO3S.